The average Bonchev–Trinajstić information content (AvgIpc) is 2.61. The van der Waals surface area contributed by atoms with Crippen molar-refractivity contribution in [2.24, 2.45) is 0 Å². The Labute approximate surface area is 150 Å². The maximum atomic E-state index is 6.48. The molecular weight excluding hydrogens is 347 g/mol. The van der Waals surface area contributed by atoms with Crippen LogP contribution < -0.4 is 9.47 Å². The first-order valence-electron chi connectivity index (χ1n) is 7.45. The fourth-order valence-corrected chi connectivity index (χ4v) is 3.26. The predicted molar refractivity (Wildman–Crippen MR) is 97.5 cm³/mol. The van der Waals surface area contributed by atoms with Gasteiger partial charge in [-0.25, -0.2) is 9.97 Å². The summed E-state index contributed by atoms with van der Waals surface area (Å²) in [5.74, 6) is 1.82. The van der Waals surface area contributed by atoms with Crippen molar-refractivity contribution in [2.75, 3.05) is 14.2 Å². The largest absolute Gasteiger partial charge is 0.495 e. The number of nitrogens with zero attached hydrogens (tertiary/aromatic N) is 2. The Balaban J connectivity index is 2.23. The van der Waals surface area contributed by atoms with Crippen LogP contribution >= 0.6 is 23.2 Å². The molecule has 1 aromatic heterocycles. The fourth-order valence-electron chi connectivity index (χ4n) is 2.54. The summed E-state index contributed by atoms with van der Waals surface area (Å²) in [4.78, 5) is 8.86. The summed E-state index contributed by atoms with van der Waals surface area (Å²) in [6.07, 6.45) is 2.60. The van der Waals surface area contributed by atoms with Gasteiger partial charge in [0.25, 0.3) is 0 Å². The second-order valence-electron chi connectivity index (χ2n) is 5.20. The minimum Gasteiger partial charge on any atom is -0.495 e. The van der Waals surface area contributed by atoms with Crippen LogP contribution in [0.25, 0.3) is 22.0 Å². The number of halogens is 2. The van der Waals surface area contributed by atoms with E-state index in [0.29, 0.717) is 27.1 Å². The van der Waals surface area contributed by atoms with E-state index in [2.05, 4.69) is 9.97 Å². The molecule has 24 heavy (non-hydrogen) atoms. The van der Waals surface area contributed by atoms with Crippen LogP contribution in [0.2, 0.25) is 10.0 Å². The Hall–Kier alpha value is -2.04. The summed E-state index contributed by atoms with van der Waals surface area (Å²) < 4.78 is 10.7. The molecule has 0 aliphatic rings. The Morgan fingerprint density at radius 3 is 2.25 bits per heavy atom. The highest BCUT2D eigenvalue weighted by Crippen LogP contribution is 2.46. The van der Waals surface area contributed by atoms with E-state index in [0.717, 1.165) is 28.7 Å². The highest BCUT2D eigenvalue weighted by Gasteiger charge is 2.19. The van der Waals surface area contributed by atoms with E-state index >= 15 is 0 Å². The van der Waals surface area contributed by atoms with Crippen LogP contribution in [0, 0.1) is 0 Å². The maximum absolute atomic E-state index is 6.48. The lowest BCUT2D eigenvalue weighted by Gasteiger charge is -2.15. The molecule has 6 heteroatoms. The van der Waals surface area contributed by atoms with Gasteiger partial charge in [-0.3, -0.25) is 0 Å². The minimum absolute atomic E-state index is 0.439. The predicted octanol–water partition coefficient (Wildman–Crippen LogP) is 5.18. The molecule has 4 nitrogen and oxygen atoms in total. The monoisotopic (exact) mass is 362 g/mol. The molecule has 0 atom stereocenters. The molecule has 1 heterocycles. The van der Waals surface area contributed by atoms with Crippen LogP contribution in [0.5, 0.6) is 11.5 Å². The van der Waals surface area contributed by atoms with E-state index in [9.17, 15) is 0 Å². The molecule has 0 saturated heterocycles. The van der Waals surface area contributed by atoms with Gasteiger partial charge in [-0.2, -0.15) is 0 Å². The molecule has 3 aromatic rings. The van der Waals surface area contributed by atoms with Gasteiger partial charge in [0.2, 0.25) is 0 Å². The number of aromatic nitrogens is 2. The van der Waals surface area contributed by atoms with Crippen molar-refractivity contribution >= 4 is 34.1 Å². The standard InChI is InChI=1S/C18H16Cl2N2O2/c1-4-15-21-9-11-7-10(5-6-12(11)22-15)16-17(19)13(23-2)8-14(24-3)18(16)20/h5-9H,4H2,1-3H3. The molecule has 0 aliphatic heterocycles. The van der Waals surface area contributed by atoms with Gasteiger partial charge in [-0.15, -0.1) is 0 Å². The van der Waals surface area contributed by atoms with E-state index in [-0.39, 0.29) is 0 Å². The molecule has 0 aliphatic carbocycles. The molecule has 0 spiro atoms. The second-order valence-corrected chi connectivity index (χ2v) is 5.95. The van der Waals surface area contributed by atoms with E-state index in [4.69, 9.17) is 32.7 Å². The average molecular weight is 363 g/mol. The molecule has 2 aromatic carbocycles. The topological polar surface area (TPSA) is 44.2 Å². The number of benzene rings is 2. The van der Waals surface area contributed by atoms with Gasteiger partial charge in [-0.1, -0.05) is 36.2 Å². The van der Waals surface area contributed by atoms with Gasteiger partial charge >= 0.3 is 0 Å². The molecule has 0 N–H and O–H groups in total. The number of ether oxygens (including phenoxy) is 2. The van der Waals surface area contributed by atoms with Gasteiger partial charge in [0.15, 0.2) is 0 Å². The van der Waals surface area contributed by atoms with Crippen LogP contribution in [-0.4, -0.2) is 24.2 Å². The van der Waals surface area contributed by atoms with Crippen LogP contribution in [0.3, 0.4) is 0 Å². The smallest absolute Gasteiger partial charge is 0.141 e. The fraction of sp³-hybridized carbons (Fsp3) is 0.222. The highest BCUT2D eigenvalue weighted by molar-refractivity contribution is 6.41. The highest BCUT2D eigenvalue weighted by atomic mass is 35.5. The lowest BCUT2D eigenvalue weighted by atomic mass is 10.0. The number of hydrogen-bond acceptors (Lipinski definition) is 4. The van der Waals surface area contributed by atoms with Crippen LogP contribution in [0.4, 0.5) is 0 Å². The van der Waals surface area contributed by atoms with Crippen LogP contribution in [-0.2, 0) is 6.42 Å². The zero-order valence-corrected chi connectivity index (χ0v) is 15.1. The molecule has 0 bridgehead atoms. The molecule has 124 valence electrons. The number of fused-ring (bicyclic) bond motifs is 1. The van der Waals surface area contributed by atoms with Crippen molar-refractivity contribution in [3.05, 3.63) is 46.3 Å². The third-order valence-corrected chi connectivity index (χ3v) is 4.56. The van der Waals surface area contributed by atoms with Crippen LogP contribution in [0.1, 0.15) is 12.7 Å². The van der Waals surface area contributed by atoms with Crippen molar-refractivity contribution in [1.29, 1.82) is 0 Å². The summed E-state index contributed by atoms with van der Waals surface area (Å²) in [6.45, 7) is 2.03. The normalized spacial score (nSPS) is 10.9. The van der Waals surface area contributed by atoms with Gasteiger partial charge < -0.3 is 9.47 Å². The third-order valence-electron chi connectivity index (χ3n) is 3.81. The zero-order valence-electron chi connectivity index (χ0n) is 13.6. The van der Waals surface area contributed by atoms with Gasteiger partial charge in [0.05, 0.1) is 29.8 Å². The SMILES string of the molecule is CCc1ncc2cc(-c3c(Cl)c(OC)cc(OC)c3Cl)ccc2n1. The summed E-state index contributed by atoms with van der Waals surface area (Å²) in [5.41, 5.74) is 2.39. The zero-order chi connectivity index (χ0) is 17.3. The van der Waals surface area contributed by atoms with Crippen molar-refractivity contribution in [3.63, 3.8) is 0 Å². The van der Waals surface area contributed by atoms with E-state index in [1.807, 2.05) is 31.3 Å². The molecule has 0 radical (unpaired) electrons. The van der Waals surface area contributed by atoms with Gasteiger partial charge in [-0.05, 0) is 17.7 Å². The number of hydrogen-bond donors (Lipinski definition) is 0. The van der Waals surface area contributed by atoms with Gasteiger partial charge in [0.1, 0.15) is 17.3 Å². The molecular formula is C18H16Cl2N2O2. The van der Waals surface area contributed by atoms with E-state index in [1.165, 1.54) is 0 Å². The lowest BCUT2D eigenvalue weighted by molar-refractivity contribution is 0.395. The van der Waals surface area contributed by atoms with E-state index < -0.39 is 0 Å². The first-order valence-corrected chi connectivity index (χ1v) is 8.20. The molecule has 0 saturated carbocycles. The first kappa shape index (κ1) is 16.8. The Bertz CT molecular complexity index is 885. The molecule has 0 fully saturated rings. The Morgan fingerprint density at radius 1 is 1.00 bits per heavy atom. The third kappa shape index (κ3) is 2.87. The summed E-state index contributed by atoms with van der Waals surface area (Å²) in [6, 6.07) is 7.50. The minimum atomic E-state index is 0.439. The lowest BCUT2D eigenvalue weighted by Crippen LogP contribution is -1.95. The van der Waals surface area contributed by atoms with Crippen molar-refractivity contribution in [3.8, 4) is 22.6 Å². The Morgan fingerprint density at radius 2 is 1.67 bits per heavy atom. The molecule has 0 amide bonds. The van der Waals surface area contributed by atoms with E-state index in [1.54, 1.807) is 20.3 Å². The second kappa shape index (κ2) is 6.83. The first-order chi connectivity index (χ1) is 11.6. The molecule has 0 unspecified atom stereocenters. The summed E-state index contributed by atoms with van der Waals surface area (Å²) >= 11 is 13.0. The van der Waals surface area contributed by atoms with Gasteiger partial charge in [0, 0.05) is 29.6 Å². The number of aryl methyl sites for hydroxylation is 1. The van der Waals surface area contributed by atoms with Crippen LogP contribution in [0.15, 0.2) is 30.5 Å². The van der Waals surface area contributed by atoms with Crippen molar-refractivity contribution in [1.82, 2.24) is 9.97 Å². The summed E-state index contributed by atoms with van der Waals surface area (Å²) in [7, 11) is 3.11. The molecule has 3 rings (SSSR count). The number of rotatable bonds is 4. The summed E-state index contributed by atoms with van der Waals surface area (Å²) in [5, 5.41) is 1.79. The van der Waals surface area contributed by atoms with Crippen molar-refractivity contribution < 1.29 is 9.47 Å². The maximum Gasteiger partial charge on any atom is 0.141 e. The number of methoxy groups -OCH3 is 2. The van der Waals surface area contributed by atoms with Crippen molar-refractivity contribution in [2.45, 2.75) is 13.3 Å². The Kier molecular flexibility index (Phi) is 4.78. The quantitative estimate of drug-likeness (QED) is 0.640.